The van der Waals surface area contributed by atoms with Crippen LogP contribution in [-0.4, -0.2) is 26.5 Å². The van der Waals surface area contributed by atoms with Crippen LogP contribution in [0, 0.1) is 12.7 Å². The Labute approximate surface area is 145 Å². The molecule has 0 saturated carbocycles. The van der Waals surface area contributed by atoms with E-state index in [0.29, 0.717) is 18.8 Å². The van der Waals surface area contributed by atoms with E-state index in [1.165, 1.54) is 0 Å². The highest BCUT2D eigenvalue weighted by Gasteiger charge is 2.08. The van der Waals surface area contributed by atoms with Crippen LogP contribution in [0.5, 0.6) is 6.01 Å². The van der Waals surface area contributed by atoms with E-state index in [4.69, 9.17) is 4.74 Å². The molecule has 0 fully saturated rings. The quantitative estimate of drug-likeness (QED) is 0.713. The van der Waals surface area contributed by atoms with Gasteiger partial charge in [0.15, 0.2) is 11.6 Å². The highest BCUT2D eigenvalue weighted by molar-refractivity contribution is 5.36. The monoisotopic (exact) mass is 339 g/mol. The molecule has 7 heteroatoms. The lowest BCUT2D eigenvalue weighted by atomic mass is 10.2. The van der Waals surface area contributed by atoms with Crippen molar-refractivity contribution in [1.29, 1.82) is 0 Å². The molecule has 0 bridgehead atoms. The number of nitrogens with zero attached hydrogens (tertiary/aromatic N) is 4. The number of anilines is 1. The van der Waals surface area contributed by atoms with E-state index >= 15 is 0 Å². The molecule has 0 aliphatic carbocycles. The molecule has 2 heterocycles. The van der Waals surface area contributed by atoms with Crippen molar-refractivity contribution in [3.8, 4) is 6.01 Å². The number of hydrogen-bond acceptors (Lipinski definition) is 6. The summed E-state index contributed by atoms with van der Waals surface area (Å²) in [5, 5.41) is 2.89. The number of nitrogens with one attached hydrogen (secondary N) is 1. The van der Waals surface area contributed by atoms with Gasteiger partial charge >= 0.3 is 6.01 Å². The summed E-state index contributed by atoms with van der Waals surface area (Å²) in [6, 6.07) is 10.1. The van der Waals surface area contributed by atoms with Crippen LogP contribution in [0.2, 0.25) is 0 Å². The predicted octanol–water partition coefficient (Wildman–Crippen LogP) is 2.95. The molecule has 0 atom stereocenters. The average Bonchev–Trinajstić information content (AvgIpc) is 2.64. The summed E-state index contributed by atoms with van der Waals surface area (Å²) in [5.41, 5.74) is 2.67. The predicted molar refractivity (Wildman–Crippen MR) is 91.7 cm³/mol. The molecule has 1 aromatic carbocycles. The molecule has 6 nitrogen and oxygen atoms in total. The fourth-order valence-corrected chi connectivity index (χ4v) is 2.13. The molecule has 2 aromatic heterocycles. The van der Waals surface area contributed by atoms with Gasteiger partial charge in [-0.15, -0.1) is 0 Å². The maximum absolute atomic E-state index is 13.8. The van der Waals surface area contributed by atoms with Gasteiger partial charge in [0.2, 0.25) is 0 Å². The summed E-state index contributed by atoms with van der Waals surface area (Å²) in [4.78, 5) is 16.3. The minimum atomic E-state index is -0.546. The van der Waals surface area contributed by atoms with Crippen LogP contribution in [0.25, 0.3) is 0 Å². The first-order valence-electron chi connectivity index (χ1n) is 7.91. The van der Waals surface area contributed by atoms with Crippen LogP contribution in [0.3, 0.4) is 0 Å². The molecule has 0 saturated heterocycles. The normalized spacial score (nSPS) is 10.5. The van der Waals surface area contributed by atoms with Crippen molar-refractivity contribution in [2.24, 2.45) is 0 Å². The lowest BCUT2D eigenvalue weighted by molar-refractivity contribution is 0.295. The Morgan fingerprint density at radius 2 is 1.88 bits per heavy atom. The van der Waals surface area contributed by atoms with Crippen molar-refractivity contribution in [3.63, 3.8) is 0 Å². The average molecular weight is 339 g/mol. The van der Waals surface area contributed by atoms with Gasteiger partial charge in [-0.2, -0.15) is 4.98 Å². The first-order chi connectivity index (χ1) is 12.2. The summed E-state index contributed by atoms with van der Waals surface area (Å²) >= 11 is 0. The Morgan fingerprint density at radius 1 is 1.04 bits per heavy atom. The number of aryl methyl sites for hydroxylation is 1. The third-order valence-corrected chi connectivity index (χ3v) is 3.46. The lowest BCUT2D eigenvalue weighted by Gasteiger charge is -2.09. The smallest absolute Gasteiger partial charge is 0.318 e. The SMILES string of the molecule is Cc1cnc(CNc2nc(OCCc3ccccc3)ncc2F)cn1. The molecule has 1 N–H and O–H groups in total. The zero-order chi connectivity index (χ0) is 17.5. The number of halogens is 1. The van der Waals surface area contributed by atoms with Gasteiger partial charge < -0.3 is 10.1 Å². The second kappa shape index (κ2) is 8.14. The topological polar surface area (TPSA) is 72.8 Å². The van der Waals surface area contributed by atoms with Crippen LogP contribution in [0.4, 0.5) is 10.2 Å². The molecule has 128 valence electrons. The van der Waals surface area contributed by atoms with E-state index in [2.05, 4.69) is 25.3 Å². The van der Waals surface area contributed by atoms with Crippen LogP contribution in [0.15, 0.2) is 48.9 Å². The van der Waals surface area contributed by atoms with Crippen molar-refractivity contribution >= 4 is 5.82 Å². The third-order valence-electron chi connectivity index (χ3n) is 3.46. The summed E-state index contributed by atoms with van der Waals surface area (Å²) in [6.07, 6.45) is 5.11. The van der Waals surface area contributed by atoms with Gasteiger partial charge in [0.1, 0.15) is 0 Å². The Balaban J connectivity index is 1.57. The molecule has 25 heavy (non-hydrogen) atoms. The van der Waals surface area contributed by atoms with Gasteiger partial charge in [-0.1, -0.05) is 30.3 Å². The Hall–Kier alpha value is -3.09. The fraction of sp³-hybridized carbons (Fsp3) is 0.222. The van der Waals surface area contributed by atoms with Crippen LogP contribution >= 0.6 is 0 Å². The first-order valence-corrected chi connectivity index (χ1v) is 7.91. The van der Waals surface area contributed by atoms with Gasteiger partial charge in [0, 0.05) is 12.6 Å². The van der Waals surface area contributed by atoms with Gasteiger partial charge in [-0.05, 0) is 12.5 Å². The zero-order valence-corrected chi connectivity index (χ0v) is 13.8. The van der Waals surface area contributed by atoms with Gasteiger partial charge in [0.05, 0.1) is 36.9 Å². The molecule has 0 amide bonds. The number of rotatable bonds is 7. The zero-order valence-electron chi connectivity index (χ0n) is 13.8. The fourth-order valence-electron chi connectivity index (χ4n) is 2.13. The van der Waals surface area contributed by atoms with E-state index in [0.717, 1.165) is 23.9 Å². The maximum Gasteiger partial charge on any atom is 0.318 e. The van der Waals surface area contributed by atoms with Gasteiger partial charge in [-0.25, -0.2) is 9.37 Å². The Bertz CT molecular complexity index is 811. The molecule has 0 aliphatic heterocycles. The molecule has 3 rings (SSSR count). The molecule has 3 aromatic rings. The number of aromatic nitrogens is 4. The molecule has 0 spiro atoms. The van der Waals surface area contributed by atoms with E-state index in [-0.39, 0.29) is 11.8 Å². The summed E-state index contributed by atoms with van der Waals surface area (Å²) in [5.74, 6) is -0.470. The molecular weight excluding hydrogens is 321 g/mol. The van der Waals surface area contributed by atoms with E-state index < -0.39 is 5.82 Å². The molecule has 0 radical (unpaired) electrons. The second-order valence-corrected chi connectivity index (χ2v) is 5.44. The summed E-state index contributed by atoms with van der Waals surface area (Å²) in [6.45, 7) is 2.58. The van der Waals surface area contributed by atoms with Gasteiger partial charge in [0.25, 0.3) is 0 Å². The minimum absolute atomic E-state index is 0.0760. The highest BCUT2D eigenvalue weighted by Crippen LogP contribution is 2.14. The molecule has 0 aliphatic rings. The molecular formula is C18H18FN5O. The number of hydrogen-bond donors (Lipinski definition) is 1. The van der Waals surface area contributed by atoms with Crippen LogP contribution in [0.1, 0.15) is 17.0 Å². The van der Waals surface area contributed by atoms with Crippen molar-refractivity contribution in [1.82, 2.24) is 19.9 Å². The second-order valence-electron chi connectivity index (χ2n) is 5.44. The Morgan fingerprint density at radius 3 is 2.64 bits per heavy atom. The first kappa shape index (κ1) is 16.8. The third kappa shape index (κ3) is 4.94. The lowest BCUT2D eigenvalue weighted by Crippen LogP contribution is -2.09. The van der Waals surface area contributed by atoms with Crippen LogP contribution in [-0.2, 0) is 13.0 Å². The maximum atomic E-state index is 13.8. The van der Waals surface area contributed by atoms with E-state index in [1.54, 1.807) is 12.4 Å². The van der Waals surface area contributed by atoms with Crippen molar-refractivity contribution in [2.75, 3.05) is 11.9 Å². The van der Waals surface area contributed by atoms with E-state index in [1.807, 2.05) is 37.3 Å². The Kier molecular flexibility index (Phi) is 5.46. The van der Waals surface area contributed by atoms with Crippen molar-refractivity contribution in [3.05, 3.63) is 71.7 Å². The van der Waals surface area contributed by atoms with Crippen LogP contribution < -0.4 is 10.1 Å². The number of benzene rings is 1. The highest BCUT2D eigenvalue weighted by atomic mass is 19.1. The van der Waals surface area contributed by atoms with Crippen molar-refractivity contribution < 1.29 is 9.13 Å². The van der Waals surface area contributed by atoms with Crippen molar-refractivity contribution in [2.45, 2.75) is 19.9 Å². The summed E-state index contributed by atoms with van der Waals surface area (Å²) in [7, 11) is 0. The summed E-state index contributed by atoms with van der Waals surface area (Å²) < 4.78 is 19.4. The largest absolute Gasteiger partial charge is 0.463 e. The minimum Gasteiger partial charge on any atom is -0.463 e. The standard InChI is InChI=1S/C18H18FN5O/c1-13-9-21-15(10-20-13)11-22-17-16(19)12-23-18(24-17)25-8-7-14-5-3-2-4-6-14/h2-6,9-10,12H,7-8,11H2,1H3,(H,22,23,24). The molecule has 0 unspecified atom stereocenters. The number of ether oxygens (including phenoxy) is 1. The van der Waals surface area contributed by atoms with E-state index in [9.17, 15) is 4.39 Å². The van der Waals surface area contributed by atoms with Gasteiger partial charge in [-0.3, -0.25) is 9.97 Å².